The Morgan fingerprint density at radius 1 is 1.11 bits per heavy atom. The minimum atomic E-state index is -0.216. The lowest BCUT2D eigenvalue weighted by Gasteiger charge is -2.25. The highest BCUT2D eigenvalue weighted by molar-refractivity contribution is 7.99. The maximum atomic E-state index is 12.7. The molecular formula is C28H28ClN5O2S. The van der Waals surface area contributed by atoms with E-state index < -0.39 is 0 Å². The van der Waals surface area contributed by atoms with E-state index in [0.717, 1.165) is 45.7 Å². The van der Waals surface area contributed by atoms with Gasteiger partial charge in [0.25, 0.3) is 5.91 Å². The highest BCUT2D eigenvalue weighted by Gasteiger charge is 2.24. The van der Waals surface area contributed by atoms with Crippen LogP contribution in [0.5, 0.6) is 5.75 Å². The number of amides is 1. The van der Waals surface area contributed by atoms with E-state index in [4.69, 9.17) is 16.3 Å². The molecule has 7 nitrogen and oxygen atoms in total. The molecule has 1 heterocycles. The van der Waals surface area contributed by atoms with E-state index in [1.807, 2.05) is 60.7 Å². The van der Waals surface area contributed by atoms with E-state index in [-0.39, 0.29) is 11.7 Å². The molecule has 5 rings (SSSR count). The zero-order valence-corrected chi connectivity index (χ0v) is 22.1. The summed E-state index contributed by atoms with van der Waals surface area (Å²) in [7, 11) is 1.62. The Balaban J connectivity index is 1.30. The van der Waals surface area contributed by atoms with Crippen molar-refractivity contribution in [3.05, 3.63) is 71.2 Å². The number of thioether (sulfide) groups is 1. The predicted molar refractivity (Wildman–Crippen MR) is 150 cm³/mol. The monoisotopic (exact) mass is 533 g/mol. The molecule has 4 aromatic rings. The molecule has 0 spiro atoms. The molecule has 1 aliphatic carbocycles. The van der Waals surface area contributed by atoms with Crippen LogP contribution in [0.25, 0.3) is 22.2 Å². The Bertz CT molecular complexity index is 1410. The average molecular weight is 534 g/mol. The molecular weight excluding hydrogens is 506 g/mol. The molecule has 190 valence electrons. The molecule has 0 atom stereocenters. The molecule has 0 unspecified atom stereocenters. The predicted octanol–water partition coefficient (Wildman–Crippen LogP) is 6.51. The third kappa shape index (κ3) is 5.81. The standard InChI is InChI=1S/C28H28ClN5O2S/c1-36-25-16-13-19-7-5-6-10-23(19)24(25)17-30-31-26(35)18-37-28-33-32-27(20-11-14-21(29)15-12-20)34(28)22-8-3-2-4-9-22/h5-7,10-17,22H,2-4,8-9,18H2,1H3,(H,31,35)/b30-17+. The van der Waals surface area contributed by atoms with Crippen molar-refractivity contribution in [3.63, 3.8) is 0 Å². The largest absolute Gasteiger partial charge is 0.496 e. The van der Waals surface area contributed by atoms with Gasteiger partial charge in [-0.2, -0.15) is 5.10 Å². The molecule has 9 heteroatoms. The second-order valence-corrected chi connectivity index (χ2v) is 10.3. The minimum Gasteiger partial charge on any atom is -0.496 e. The van der Waals surface area contributed by atoms with Crippen molar-refractivity contribution in [2.24, 2.45) is 5.10 Å². The van der Waals surface area contributed by atoms with Gasteiger partial charge in [-0.25, -0.2) is 5.43 Å². The number of carbonyl (C=O) groups excluding carboxylic acids is 1. The summed E-state index contributed by atoms with van der Waals surface area (Å²) in [5.74, 6) is 1.47. The molecule has 1 saturated carbocycles. The summed E-state index contributed by atoms with van der Waals surface area (Å²) in [6.45, 7) is 0. The van der Waals surface area contributed by atoms with Gasteiger partial charge in [0.05, 0.1) is 19.1 Å². The van der Waals surface area contributed by atoms with Gasteiger partial charge in [0.2, 0.25) is 0 Å². The first kappa shape index (κ1) is 25.3. The first-order valence-corrected chi connectivity index (χ1v) is 13.7. The van der Waals surface area contributed by atoms with E-state index in [1.165, 1.54) is 31.0 Å². The quantitative estimate of drug-likeness (QED) is 0.159. The summed E-state index contributed by atoms with van der Waals surface area (Å²) < 4.78 is 7.70. The number of ether oxygens (including phenoxy) is 1. The second-order valence-electron chi connectivity index (χ2n) is 8.96. The Labute approximate surface area is 225 Å². The zero-order valence-electron chi connectivity index (χ0n) is 20.6. The van der Waals surface area contributed by atoms with Crippen molar-refractivity contribution in [1.29, 1.82) is 0 Å². The van der Waals surface area contributed by atoms with Gasteiger partial charge in [-0.1, -0.05) is 73.0 Å². The van der Waals surface area contributed by atoms with Crippen LogP contribution in [0.2, 0.25) is 5.02 Å². The van der Waals surface area contributed by atoms with E-state index in [9.17, 15) is 4.79 Å². The van der Waals surface area contributed by atoms with Crippen LogP contribution in [0.1, 0.15) is 43.7 Å². The van der Waals surface area contributed by atoms with Crippen LogP contribution in [-0.2, 0) is 4.79 Å². The van der Waals surface area contributed by atoms with Gasteiger partial charge >= 0.3 is 0 Å². The molecule has 0 saturated heterocycles. The number of hydrogen-bond donors (Lipinski definition) is 1. The van der Waals surface area contributed by atoms with E-state index >= 15 is 0 Å². The number of aromatic nitrogens is 3. The Hall–Kier alpha value is -3.36. The number of hydrogen-bond acceptors (Lipinski definition) is 6. The van der Waals surface area contributed by atoms with Gasteiger partial charge < -0.3 is 4.74 Å². The number of halogens is 1. The lowest BCUT2D eigenvalue weighted by Crippen LogP contribution is -2.21. The molecule has 0 radical (unpaired) electrons. The molecule has 1 amide bonds. The highest BCUT2D eigenvalue weighted by atomic mass is 35.5. The summed E-state index contributed by atoms with van der Waals surface area (Å²) in [5, 5.41) is 16.7. The zero-order chi connectivity index (χ0) is 25.6. The van der Waals surface area contributed by atoms with E-state index in [2.05, 4.69) is 25.3 Å². The van der Waals surface area contributed by atoms with E-state index in [0.29, 0.717) is 16.8 Å². The number of rotatable bonds is 8. The van der Waals surface area contributed by atoms with Gasteiger partial charge in [0.15, 0.2) is 11.0 Å². The molecule has 1 aliphatic rings. The summed E-state index contributed by atoms with van der Waals surface area (Å²) >= 11 is 7.47. The molecule has 1 aromatic heterocycles. The normalized spacial score (nSPS) is 14.3. The summed E-state index contributed by atoms with van der Waals surface area (Å²) in [5.41, 5.74) is 4.43. The lowest BCUT2D eigenvalue weighted by atomic mass is 9.95. The fraction of sp³-hybridized carbons (Fsp3) is 0.286. The fourth-order valence-electron chi connectivity index (χ4n) is 4.76. The number of hydrazone groups is 1. The highest BCUT2D eigenvalue weighted by Crippen LogP contribution is 2.35. The SMILES string of the molecule is COc1ccc2ccccc2c1/C=N/NC(=O)CSc1nnc(-c2ccc(Cl)cc2)n1C1CCCCC1. The first-order valence-electron chi connectivity index (χ1n) is 12.4. The third-order valence-corrected chi connectivity index (χ3v) is 7.77. The molecule has 1 fully saturated rings. The third-order valence-electron chi connectivity index (χ3n) is 6.57. The lowest BCUT2D eigenvalue weighted by molar-refractivity contribution is -0.118. The second kappa shape index (κ2) is 11.8. The van der Waals surface area contributed by atoms with Crippen molar-refractivity contribution in [2.75, 3.05) is 12.9 Å². The molecule has 37 heavy (non-hydrogen) atoms. The van der Waals surface area contributed by atoms with Crippen LogP contribution < -0.4 is 10.2 Å². The van der Waals surface area contributed by atoms with Crippen LogP contribution in [0.15, 0.2) is 70.9 Å². The molecule has 0 aliphatic heterocycles. The Kier molecular flexibility index (Phi) is 8.06. The van der Waals surface area contributed by atoms with Crippen molar-refractivity contribution in [3.8, 4) is 17.1 Å². The molecule has 3 aromatic carbocycles. The number of benzene rings is 3. The van der Waals surface area contributed by atoms with Crippen LogP contribution >= 0.6 is 23.4 Å². The van der Waals surface area contributed by atoms with E-state index in [1.54, 1.807) is 13.3 Å². The summed E-state index contributed by atoms with van der Waals surface area (Å²) in [6, 6.07) is 19.9. The van der Waals surface area contributed by atoms with Crippen LogP contribution in [0, 0.1) is 0 Å². The molecule has 0 bridgehead atoms. The summed E-state index contributed by atoms with van der Waals surface area (Å²) in [6.07, 6.45) is 7.40. The maximum absolute atomic E-state index is 12.7. The average Bonchev–Trinajstić information content (AvgIpc) is 3.37. The van der Waals surface area contributed by atoms with Crippen molar-refractivity contribution >= 4 is 46.3 Å². The van der Waals surface area contributed by atoms with Gasteiger partial charge in [-0.3, -0.25) is 9.36 Å². The van der Waals surface area contributed by atoms with Gasteiger partial charge in [-0.15, -0.1) is 10.2 Å². The van der Waals surface area contributed by atoms with Crippen LogP contribution in [0.4, 0.5) is 0 Å². The number of nitrogens with zero attached hydrogens (tertiary/aromatic N) is 4. The van der Waals surface area contributed by atoms with Crippen molar-refractivity contribution in [1.82, 2.24) is 20.2 Å². The molecule has 1 N–H and O–H groups in total. The number of methoxy groups -OCH3 is 1. The van der Waals surface area contributed by atoms with Gasteiger partial charge in [-0.05, 0) is 53.9 Å². The van der Waals surface area contributed by atoms with Gasteiger partial charge in [0, 0.05) is 22.2 Å². The van der Waals surface area contributed by atoms with Crippen LogP contribution in [-0.4, -0.2) is 39.7 Å². The summed E-state index contributed by atoms with van der Waals surface area (Å²) in [4.78, 5) is 12.7. The topological polar surface area (TPSA) is 81.4 Å². The smallest absolute Gasteiger partial charge is 0.250 e. The number of carbonyl (C=O) groups is 1. The van der Waals surface area contributed by atoms with Crippen LogP contribution in [0.3, 0.4) is 0 Å². The van der Waals surface area contributed by atoms with Crippen molar-refractivity contribution in [2.45, 2.75) is 43.3 Å². The Morgan fingerprint density at radius 2 is 1.89 bits per heavy atom. The first-order chi connectivity index (χ1) is 18.1. The number of fused-ring (bicyclic) bond motifs is 1. The number of nitrogens with one attached hydrogen (secondary N) is 1. The maximum Gasteiger partial charge on any atom is 0.250 e. The van der Waals surface area contributed by atoms with Crippen molar-refractivity contribution < 1.29 is 9.53 Å². The van der Waals surface area contributed by atoms with Gasteiger partial charge in [0.1, 0.15) is 5.75 Å². The minimum absolute atomic E-state index is 0.176. The fourth-order valence-corrected chi connectivity index (χ4v) is 5.68. The Morgan fingerprint density at radius 3 is 2.68 bits per heavy atom.